The van der Waals surface area contributed by atoms with Gasteiger partial charge in [-0.15, -0.1) is 0 Å². The molecule has 0 radical (unpaired) electrons. The zero-order valence-electron chi connectivity index (χ0n) is 16.0. The van der Waals surface area contributed by atoms with Gasteiger partial charge in [0.2, 0.25) is 5.91 Å². The molecule has 4 N–H and O–H groups in total. The van der Waals surface area contributed by atoms with Gasteiger partial charge >= 0.3 is 0 Å². The molecule has 0 aromatic heterocycles. The molecular formula is C20H39NO4. The van der Waals surface area contributed by atoms with E-state index in [2.05, 4.69) is 12.2 Å². The number of carbonyl (C=O) groups excluding carboxylic acids is 1. The van der Waals surface area contributed by atoms with E-state index in [-0.39, 0.29) is 6.61 Å². The molecule has 0 aliphatic carbocycles. The fourth-order valence-corrected chi connectivity index (χ4v) is 2.79. The fraction of sp³-hybridized carbons (Fsp3) is 0.850. The van der Waals surface area contributed by atoms with Crippen molar-refractivity contribution in [3.05, 3.63) is 12.2 Å². The lowest BCUT2D eigenvalue weighted by Crippen LogP contribution is -2.46. The molecule has 25 heavy (non-hydrogen) atoms. The predicted octanol–water partition coefficient (Wildman–Crippen LogP) is 3.07. The van der Waals surface area contributed by atoms with Gasteiger partial charge in [-0.1, -0.05) is 83.3 Å². The van der Waals surface area contributed by atoms with Gasteiger partial charge in [0.1, 0.15) is 6.61 Å². The Bertz CT molecular complexity index is 334. The minimum absolute atomic E-state index is 0.365. The zero-order chi connectivity index (χ0) is 18.8. The molecular weight excluding hydrogens is 318 g/mol. The van der Waals surface area contributed by atoms with Crippen LogP contribution in [0.2, 0.25) is 0 Å². The van der Waals surface area contributed by atoms with Crippen LogP contribution >= 0.6 is 0 Å². The standard InChI is InChI=1S/C20H39NO4/c1-2-3-4-5-6-7-8-9-10-11-12-13-14-15-19(24)18(16-22)21-20(25)17-23/h14-15,18-19,22-24H,2-13,16-17H2,1H3,(H,21,25). The Kier molecular flexibility index (Phi) is 17.2. The minimum atomic E-state index is -0.937. The van der Waals surface area contributed by atoms with Crippen LogP contribution in [0, 0.1) is 0 Å². The summed E-state index contributed by atoms with van der Waals surface area (Å²) in [6.07, 6.45) is 17.8. The molecule has 0 bridgehead atoms. The van der Waals surface area contributed by atoms with Crippen LogP contribution in [-0.4, -0.2) is 46.6 Å². The lowest BCUT2D eigenvalue weighted by atomic mass is 10.0. The number of hydrogen-bond acceptors (Lipinski definition) is 4. The third-order valence-corrected chi connectivity index (χ3v) is 4.41. The van der Waals surface area contributed by atoms with Gasteiger partial charge in [0.15, 0.2) is 0 Å². The number of allylic oxidation sites excluding steroid dienone is 1. The fourth-order valence-electron chi connectivity index (χ4n) is 2.79. The summed E-state index contributed by atoms with van der Waals surface area (Å²) in [7, 11) is 0. The van der Waals surface area contributed by atoms with Crippen molar-refractivity contribution in [3.63, 3.8) is 0 Å². The van der Waals surface area contributed by atoms with Crippen LogP contribution in [0.1, 0.15) is 84.0 Å². The van der Waals surface area contributed by atoms with Crippen molar-refractivity contribution in [1.82, 2.24) is 5.32 Å². The van der Waals surface area contributed by atoms with Gasteiger partial charge in [-0.25, -0.2) is 0 Å². The highest BCUT2D eigenvalue weighted by Crippen LogP contribution is 2.12. The molecule has 0 saturated heterocycles. The van der Waals surface area contributed by atoms with Gasteiger partial charge in [0.05, 0.1) is 18.8 Å². The third kappa shape index (κ3) is 15.1. The van der Waals surface area contributed by atoms with Crippen molar-refractivity contribution >= 4 is 5.91 Å². The third-order valence-electron chi connectivity index (χ3n) is 4.41. The van der Waals surface area contributed by atoms with Crippen molar-refractivity contribution in [2.24, 2.45) is 0 Å². The molecule has 0 aromatic rings. The summed E-state index contributed by atoms with van der Waals surface area (Å²) in [4.78, 5) is 11.1. The summed E-state index contributed by atoms with van der Waals surface area (Å²) < 4.78 is 0. The Labute approximate surface area is 153 Å². The second kappa shape index (κ2) is 17.9. The smallest absolute Gasteiger partial charge is 0.246 e. The van der Waals surface area contributed by atoms with Crippen molar-refractivity contribution in [1.29, 1.82) is 0 Å². The highest BCUT2D eigenvalue weighted by atomic mass is 16.3. The summed E-state index contributed by atoms with van der Waals surface area (Å²) in [5.74, 6) is -0.600. The Balaban J connectivity index is 3.54. The van der Waals surface area contributed by atoms with Crippen molar-refractivity contribution in [2.75, 3.05) is 13.2 Å². The van der Waals surface area contributed by atoms with Gasteiger partial charge in [-0.05, 0) is 12.8 Å². The molecule has 2 atom stereocenters. The summed E-state index contributed by atoms with van der Waals surface area (Å²) >= 11 is 0. The van der Waals surface area contributed by atoms with E-state index in [0.717, 1.165) is 12.8 Å². The van der Waals surface area contributed by atoms with E-state index in [4.69, 9.17) is 10.2 Å². The van der Waals surface area contributed by atoms with E-state index in [1.165, 1.54) is 64.2 Å². The van der Waals surface area contributed by atoms with Gasteiger partial charge in [0, 0.05) is 0 Å². The molecule has 0 aliphatic rings. The van der Waals surface area contributed by atoms with Crippen LogP contribution in [0.15, 0.2) is 12.2 Å². The number of rotatable bonds is 17. The van der Waals surface area contributed by atoms with Crippen molar-refractivity contribution in [3.8, 4) is 0 Å². The monoisotopic (exact) mass is 357 g/mol. The largest absolute Gasteiger partial charge is 0.394 e. The Morgan fingerprint density at radius 3 is 1.92 bits per heavy atom. The molecule has 1 amide bonds. The van der Waals surface area contributed by atoms with Crippen molar-refractivity contribution in [2.45, 2.75) is 96.1 Å². The maximum Gasteiger partial charge on any atom is 0.246 e. The highest BCUT2D eigenvalue weighted by Gasteiger charge is 2.17. The molecule has 0 spiro atoms. The SMILES string of the molecule is CCCCCCCCCCCCCC=CC(O)C(CO)NC(=O)CO. The number of carbonyl (C=O) groups is 1. The first-order chi connectivity index (χ1) is 12.2. The van der Waals surface area contributed by atoms with E-state index in [0.29, 0.717) is 0 Å². The number of aliphatic hydroxyl groups is 3. The summed E-state index contributed by atoms with van der Waals surface area (Å²) in [6.45, 7) is 1.23. The van der Waals surface area contributed by atoms with Crippen LogP contribution in [0.5, 0.6) is 0 Å². The minimum Gasteiger partial charge on any atom is -0.394 e. The topological polar surface area (TPSA) is 89.8 Å². The molecule has 5 heteroatoms. The van der Waals surface area contributed by atoms with Crippen LogP contribution in [-0.2, 0) is 4.79 Å². The zero-order valence-corrected chi connectivity index (χ0v) is 16.0. The first kappa shape index (κ1) is 24.1. The number of amides is 1. The summed E-state index contributed by atoms with van der Waals surface area (Å²) in [5.41, 5.74) is 0. The summed E-state index contributed by atoms with van der Waals surface area (Å²) in [6, 6.07) is -0.770. The number of aliphatic hydroxyl groups excluding tert-OH is 3. The lowest BCUT2D eigenvalue weighted by Gasteiger charge is -2.19. The van der Waals surface area contributed by atoms with E-state index in [1.807, 2.05) is 6.08 Å². The number of hydrogen-bond donors (Lipinski definition) is 4. The predicted molar refractivity (Wildman–Crippen MR) is 102 cm³/mol. The number of nitrogens with one attached hydrogen (secondary N) is 1. The van der Waals surface area contributed by atoms with Crippen LogP contribution in [0.4, 0.5) is 0 Å². The van der Waals surface area contributed by atoms with Gasteiger partial charge < -0.3 is 20.6 Å². The number of unbranched alkanes of at least 4 members (excludes halogenated alkanes) is 11. The summed E-state index contributed by atoms with van der Waals surface area (Å²) in [5, 5.41) is 30.1. The molecule has 0 fully saturated rings. The van der Waals surface area contributed by atoms with Crippen LogP contribution in [0.25, 0.3) is 0 Å². The van der Waals surface area contributed by atoms with Gasteiger partial charge in [0.25, 0.3) is 0 Å². The second-order valence-electron chi connectivity index (χ2n) is 6.76. The Morgan fingerprint density at radius 1 is 0.920 bits per heavy atom. The quantitative estimate of drug-likeness (QED) is 0.238. The van der Waals surface area contributed by atoms with Crippen LogP contribution in [0.3, 0.4) is 0 Å². The van der Waals surface area contributed by atoms with Crippen LogP contribution < -0.4 is 5.32 Å². The highest BCUT2D eigenvalue weighted by molar-refractivity contribution is 5.77. The van der Waals surface area contributed by atoms with E-state index < -0.39 is 24.7 Å². The molecule has 0 heterocycles. The average molecular weight is 358 g/mol. The normalized spacial score (nSPS) is 13.9. The van der Waals surface area contributed by atoms with E-state index in [9.17, 15) is 9.90 Å². The van der Waals surface area contributed by atoms with Gasteiger partial charge in [-0.2, -0.15) is 0 Å². The van der Waals surface area contributed by atoms with E-state index >= 15 is 0 Å². The maximum atomic E-state index is 11.1. The molecule has 0 saturated carbocycles. The maximum absolute atomic E-state index is 11.1. The molecule has 2 unspecified atom stereocenters. The molecule has 5 nitrogen and oxygen atoms in total. The van der Waals surface area contributed by atoms with Gasteiger partial charge in [-0.3, -0.25) is 4.79 Å². The Hall–Kier alpha value is -0.910. The first-order valence-electron chi connectivity index (χ1n) is 10.0. The second-order valence-corrected chi connectivity index (χ2v) is 6.76. The average Bonchev–Trinajstić information content (AvgIpc) is 2.63. The molecule has 0 aromatic carbocycles. The lowest BCUT2D eigenvalue weighted by molar-refractivity contribution is -0.125. The first-order valence-corrected chi connectivity index (χ1v) is 10.0. The molecule has 0 rings (SSSR count). The Morgan fingerprint density at radius 2 is 1.44 bits per heavy atom. The molecule has 148 valence electrons. The molecule has 0 aliphatic heterocycles. The van der Waals surface area contributed by atoms with E-state index in [1.54, 1.807) is 6.08 Å². The van der Waals surface area contributed by atoms with Crippen molar-refractivity contribution < 1.29 is 20.1 Å².